The third-order valence-corrected chi connectivity index (χ3v) is 5.55. The minimum Gasteiger partial charge on any atom is -0.492 e. The Balaban J connectivity index is 1.99. The highest BCUT2D eigenvalue weighted by Crippen LogP contribution is 2.32. The third-order valence-electron chi connectivity index (χ3n) is 5.55. The van der Waals surface area contributed by atoms with Crippen molar-refractivity contribution in [2.45, 2.75) is 52.0 Å². The molecule has 2 aromatic carbocycles. The van der Waals surface area contributed by atoms with Crippen molar-refractivity contribution in [3.8, 4) is 17.2 Å². The fourth-order valence-electron chi connectivity index (χ4n) is 3.56. The zero-order valence-corrected chi connectivity index (χ0v) is 22.7. The Morgan fingerprint density at radius 1 is 0.925 bits per heavy atom. The van der Waals surface area contributed by atoms with Gasteiger partial charge >= 0.3 is 18.4 Å². The number of ether oxygens (including phenoxy) is 5. The van der Waals surface area contributed by atoms with Crippen molar-refractivity contribution < 1.29 is 51.6 Å². The number of para-hydroxylation sites is 2. The van der Waals surface area contributed by atoms with Gasteiger partial charge in [0.05, 0.1) is 13.2 Å². The summed E-state index contributed by atoms with van der Waals surface area (Å²) in [5.74, 6) is -1.57. The first-order chi connectivity index (χ1) is 19.1. The number of carboxylic acid groups (broad SMARTS) is 1. The van der Waals surface area contributed by atoms with Crippen LogP contribution in [0.25, 0.3) is 0 Å². The number of nitrogens with zero attached hydrogens (tertiary/aromatic N) is 1. The van der Waals surface area contributed by atoms with Crippen LogP contribution in [0.1, 0.15) is 38.7 Å². The van der Waals surface area contributed by atoms with Crippen molar-refractivity contribution in [3.05, 3.63) is 54.1 Å². The Morgan fingerprint density at radius 2 is 1.60 bits per heavy atom. The highest BCUT2D eigenvalue weighted by Gasteiger charge is 2.33. The first kappa shape index (κ1) is 32.7. The van der Waals surface area contributed by atoms with E-state index in [-0.39, 0.29) is 45.1 Å². The van der Waals surface area contributed by atoms with Crippen LogP contribution in [0.4, 0.5) is 18.0 Å². The van der Waals surface area contributed by atoms with Crippen LogP contribution in [-0.4, -0.2) is 74.1 Å². The molecule has 0 fully saturated rings. The number of carbonyl (C=O) groups is 2. The lowest BCUT2D eigenvalue weighted by atomic mass is 10.1. The van der Waals surface area contributed by atoms with Gasteiger partial charge in [0, 0.05) is 26.2 Å². The molecule has 1 unspecified atom stereocenters. The van der Waals surface area contributed by atoms with Gasteiger partial charge in [0.25, 0.3) is 0 Å². The molecule has 0 aromatic heterocycles. The molecule has 0 radical (unpaired) electrons. The number of hydrogen-bond acceptors (Lipinski definition) is 7. The third kappa shape index (κ3) is 12.6. The van der Waals surface area contributed by atoms with E-state index >= 15 is 0 Å². The number of halogens is 3. The quantitative estimate of drug-likeness (QED) is 0.227. The van der Waals surface area contributed by atoms with E-state index in [1.165, 1.54) is 23.1 Å². The molecule has 1 atom stereocenters. The molecular weight excluding hydrogens is 535 g/mol. The van der Waals surface area contributed by atoms with Gasteiger partial charge in [-0.25, -0.2) is 9.59 Å². The SMILES string of the molecule is CCCCCOCCN(CCOc1ccc(CC(OCC)C(=O)O)cc1)C(=O)Oc1ccccc1OC(F)(F)F. The Labute approximate surface area is 231 Å². The Bertz CT molecular complexity index is 1030. The van der Waals surface area contributed by atoms with Gasteiger partial charge < -0.3 is 33.7 Å². The normalized spacial score (nSPS) is 12.0. The van der Waals surface area contributed by atoms with Gasteiger partial charge in [-0.2, -0.15) is 0 Å². The van der Waals surface area contributed by atoms with Gasteiger partial charge in [-0.05, 0) is 43.2 Å². The molecule has 0 saturated carbocycles. The maximum atomic E-state index is 12.9. The number of rotatable bonds is 18. The standard InChI is InChI=1S/C28H36F3NO8/c1-3-5-8-17-36-18-15-32(27(35)39-23-9-6-7-10-24(23)40-28(29,30)31)16-19-38-22-13-11-21(12-14-22)20-25(26(33)34)37-4-2/h6-7,9-14,25H,3-5,8,15-20H2,1-2H3,(H,33,34). The predicted molar refractivity (Wildman–Crippen MR) is 140 cm³/mol. The van der Waals surface area contributed by atoms with Gasteiger partial charge in [-0.3, -0.25) is 0 Å². The molecule has 1 amide bonds. The number of hydrogen-bond donors (Lipinski definition) is 1. The number of amides is 1. The number of unbranched alkanes of at least 4 members (excludes halogenated alkanes) is 2. The van der Waals surface area contributed by atoms with E-state index in [9.17, 15) is 27.9 Å². The number of aliphatic carboxylic acids is 1. The molecule has 2 aromatic rings. The molecule has 0 bridgehead atoms. The molecule has 9 nitrogen and oxygen atoms in total. The zero-order valence-electron chi connectivity index (χ0n) is 22.7. The van der Waals surface area contributed by atoms with E-state index in [1.807, 2.05) is 0 Å². The average molecular weight is 572 g/mol. The average Bonchev–Trinajstić information content (AvgIpc) is 2.90. The molecule has 0 heterocycles. The molecule has 1 N–H and O–H groups in total. The molecular formula is C28H36F3NO8. The Kier molecular flexibility index (Phi) is 14.1. The number of carbonyl (C=O) groups excluding carboxylic acids is 1. The maximum Gasteiger partial charge on any atom is 0.573 e. The Hall–Kier alpha value is -3.51. The zero-order chi connectivity index (χ0) is 29.4. The van der Waals surface area contributed by atoms with Gasteiger partial charge in [0.15, 0.2) is 17.6 Å². The summed E-state index contributed by atoms with van der Waals surface area (Å²) in [6.45, 7) is 5.05. The van der Waals surface area contributed by atoms with E-state index in [0.717, 1.165) is 30.9 Å². The highest BCUT2D eigenvalue weighted by molar-refractivity contribution is 5.73. The molecule has 12 heteroatoms. The fourth-order valence-corrected chi connectivity index (χ4v) is 3.56. The molecule has 0 spiro atoms. The molecule has 0 aliphatic rings. The minimum absolute atomic E-state index is 0.0572. The van der Waals surface area contributed by atoms with Gasteiger partial charge in [0.2, 0.25) is 0 Å². The summed E-state index contributed by atoms with van der Waals surface area (Å²) in [7, 11) is 0. The van der Waals surface area contributed by atoms with Crippen LogP contribution < -0.4 is 14.2 Å². The monoisotopic (exact) mass is 571 g/mol. The fraction of sp³-hybridized carbons (Fsp3) is 0.500. The second kappa shape index (κ2) is 17.2. The van der Waals surface area contributed by atoms with E-state index in [4.69, 9.17) is 18.9 Å². The lowest BCUT2D eigenvalue weighted by Gasteiger charge is -2.23. The predicted octanol–water partition coefficient (Wildman–Crippen LogP) is 5.70. The van der Waals surface area contributed by atoms with E-state index < -0.39 is 30.3 Å². The largest absolute Gasteiger partial charge is 0.573 e. The molecule has 0 saturated heterocycles. The van der Waals surface area contributed by atoms with Gasteiger partial charge in [-0.15, -0.1) is 13.2 Å². The van der Waals surface area contributed by atoms with E-state index in [0.29, 0.717) is 12.4 Å². The van der Waals surface area contributed by atoms with Gasteiger partial charge in [-0.1, -0.05) is 44.0 Å². The number of benzene rings is 2. The van der Waals surface area contributed by atoms with E-state index in [1.54, 1.807) is 31.2 Å². The van der Waals surface area contributed by atoms with Crippen molar-refractivity contribution in [1.82, 2.24) is 4.90 Å². The summed E-state index contributed by atoms with van der Waals surface area (Å²) in [5, 5.41) is 9.25. The van der Waals surface area contributed by atoms with Crippen LogP contribution in [0.2, 0.25) is 0 Å². The highest BCUT2D eigenvalue weighted by atomic mass is 19.4. The topological polar surface area (TPSA) is 104 Å². The molecule has 0 aliphatic heterocycles. The lowest BCUT2D eigenvalue weighted by molar-refractivity contribution is -0.275. The van der Waals surface area contributed by atoms with Crippen molar-refractivity contribution in [1.29, 1.82) is 0 Å². The van der Waals surface area contributed by atoms with Crippen LogP contribution >= 0.6 is 0 Å². The van der Waals surface area contributed by atoms with Crippen molar-refractivity contribution in [3.63, 3.8) is 0 Å². The van der Waals surface area contributed by atoms with E-state index in [2.05, 4.69) is 11.7 Å². The molecule has 40 heavy (non-hydrogen) atoms. The first-order valence-corrected chi connectivity index (χ1v) is 13.1. The van der Waals surface area contributed by atoms with Crippen molar-refractivity contribution in [2.24, 2.45) is 0 Å². The van der Waals surface area contributed by atoms with Crippen molar-refractivity contribution in [2.75, 3.05) is 39.5 Å². The van der Waals surface area contributed by atoms with Crippen LogP contribution in [0.15, 0.2) is 48.5 Å². The summed E-state index contributed by atoms with van der Waals surface area (Å²) in [5.41, 5.74) is 0.748. The first-order valence-electron chi connectivity index (χ1n) is 13.1. The second-order valence-electron chi connectivity index (χ2n) is 8.65. The van der Waals surface area contributed by atoms with Crippen molar-refractivity contribution >= 4 is 12.1 Å². The molecule has 0 aliphatic carbocycles. The minimum atomic E-state index is -4.95. The van der Waals surface area contributed by atoms with Crippen LogP contribution in [0, 0.1) is 0 Å². The van der Waals surface area contributed by atoms with Gasteiger partial charge in [0.1, 0.15) is 12.4 Å². The maximum absolute atomic E-state index is 12.9. The summed E-state index contributed by atoms with van der Waals surface area (Å²) in [6, 6.07) is 11.8. The number of carboxylic acids is 1. The van der Waals surface area contributed by atoms with Crippen LogP contribution in [0.3, 0.4) is 0 Å². The van der Waals surface area contributed by atoms with Crippen LogP contribution in [0.5, 0.6) is 17.2 Å². The lowest BCUT2D eigenvalue weighted by Crippen LogP contribution is -2.39. The van der Waals surface area contributed by atoms with Crippen LogP contribution in [-0.2, 0) is 20.7 Å². The summed E-state index contributed by atoms with van der Waals surface area (Å²) in [4.78, 5) is 25.5. The summed E-state index contributed by atoms with van der Waals surface area (Å²) >= 11 is 0. The molecule has 222 valence electrons. The second-order valence-corrected chi connectivity index (χ2v) is 8.65. The smallest absolute Gasteiger partial charge is 0.492 e. The molecule has 2 rings (SSSR count). The Morgan fingerprint density at radius 3 is 2.23 bits per heavy atom. The number of alkyl halides is 3. The summed E-state index contributed by atoms with van der Waals surface area (Å²) < 4.78 is 64.0. The summed E-state index contributed by atoms with van der Waals surface area (Å²) in [6.07, 6.45) is -3.67.